The number of aromatic nitrogens is 2. The molecule has 0 bridgehead atoms. The number of rotatable bonds is 4. The second-order valence-electron chi connectivity index (χ2n) is 5.00. The summed E-state index contributed by atoms with van der Waals surface area (Å²) >= 11 is 3.20. The number of imidazole rings is 1. The van der Waals surface area contributed by atoms with Crippen LogP contribution in [0.4, 0.5) is 16.0 Å². The lowest BCUT2D eigenvalue weighted by Crippen LogP contribution is -2.08. The molecule has 1 heterocycles. The molecule has 1 N–H and O–H groups in total. The Labute approximate surface area is 121 Å². The number of nitrogens with zero attached hydrogens (tertiary/aromatic N) is 2. The third-order valence-corrected chi connectivity index (χ3v) is 3.40. The van der Waals surface area contributed by atoms with Crippen molar-refractivity contribution in [3.63, 3.8) is 0 Å². The van der Waals surface area contributed by atoms with Crippen LogP contribution in [0.25, 0.3) is 0 Å². The van der Waals surface area contributed by atoms with Gasteiger partial charge in [-0.2, -0.15) is 0 Å². The maximum absolute atomic E-state index is 13.4. The van der Waals surface area contributed by atoms with Gasteiger partial charge in [-0.15, -0.1) is 0 Å². The fraction of sp³-hybridized carbons (Fsp3) is 0.357. The summed E-state index contributed by atoms with van der Waals surface area (Å²) in [6.45, 7) is 7.07. The number of hydrogen-bond acceptors (Lipinski definition) is 2. The first-order valence-electron chi connectivity index (χ1n) is 6.21. The first-order chi connectivity index (χ1) is 8.97. The molecule has 0 aliphatic heterocycles. The Kier molecular flexibility index (Phi) is 4.24. The Hall–Kier alpha value is -1.36. The molecule has 2 rings (SSSR count). The van der Waals surface area contributed by atoms with Crippen LogP contribution in [0.5, 0.6) is 0 Å². The van der Waals surface area contributed by atoms with Crippen LogP contribution in [0, 0.1) is 18.7 Å². The van der Waals surface area contributed by atoms with Crippen molar-refractivity contribution in [3.8, 4) is 0 Å². The molecule has 5 heteroatoms. The van der Waals surface area contributed by atoms with Crippen molar-refractivity contribution < 1.29 is 4.39 Å². The maximum atomic E-state index is 13.4. The smallest absolute Gasteiger partial charge is 0.207 e. The Morgan fingerprint density at radius 1 is 1.42 bits per heavy atom. The molecule has 1 aromatic carbocycles. The molecule has 3 nitrogen and oxygen atoms in total. The lowest BCUT2D eigenvalue weighted by atomic mass is 10.2. The van der Waals surface area contributed by atoms with E-state index >= 15 is 0 Å². The highest BCUT2D eigenvalue weighted by atomic mass is 79.9. The number of halogens is 2. The third-order valence-electron chi connectivity index (χ3n) is 2.79. The van der Waals surface area contributed by atoms with E-state index in [1.807, 2.05) is 13.1 Å². The fourth-order valence-electron chi connectivity index (χ4n) is 1.88. The zero-order chi connectivity index (χ0) is 14.0. The number of nitrogens with one attached hydrogen (secondary N) is 1. The number of hydrogen-bond donors (Lipinski definition) is 1. The highest BCUT2D eigenvalue weighted by Crippen LogP contribution is 2.26. The molecular weight excluding hydrogens is 309 g/mol. The summed E-state index contributed by atoms with van der Waals surface area (Å²) in [5.41, 5.74) is 1.70. The summed E-state index contributed by atoms with van der Waals surface area (Å²) in [7, 11) is 0. The van der Waals surface area contributed by atoms with Gasteiger partial charge in [-0.25, -0.2) is 9.37 Å². The Balaban J connectivity index is 2.26. The van der Waals surface area contributed by atoms with Gasteiger partial charge in [-0.05, 0) is 46.5 Å². The Morgan fingerprint density at radius 2 is 2.16 bits per heavy atom. The lowest BCUT2D eigenvalue weighted by Gasteiger charge is -2.13. The highest BCUT2D eigenvalue weighted by Gasteiger charge is 2.09. The van der Waals surface area contributed by atoms with Gasteiger partial charge in [0, 0.05) is 24.6 Å². The molecule has 0 saturated carbocycles. The average molecular weight is 326 g/mol. The van der Waals surface area contributed by atoms with Crippen molar-refractivity contribution in [2.45, 2.75) is 27.3 Å². The standard InChI is InChI=1S/C14H17BrFN3/c1-9(2)8-19-5-4-17-14(19)18-13-7-11(15)12(16)6-10(13)3/h4-7,9H,8H2,1-3H3,(H,17,18). The van der Waals surface area contributed by atoms with Gasteiger partial charge in [0.1, 0.15) is 5.82 Å². The van der Waals surface area contributed by atoms with E-state index < -0.39 is 0 Å². The number of anilines is 2. The topological polar surface area (TPSA) is 29.9 Å². The SMILES string of the molecule is Cc1cc(F)c(Br)cc1Nc1nccn1CC(C)C. The predicted molar refractivity (Wildman–Crippen MR) is 79.2 cm³/mol. The molecule has 0 aliphatic carbocycles. The molecule has 0 amide bonds. The summed E-state index contributed by atoms with van der Waals surface area (Å²) in [6.07, 6.45) is 3.70. The van der Waals surface area contributed by atoms with E-state index in [0.717, 1.165) is 23.7 Å². The van der Waals surface area contributed by atoms with E-state index in [-0.39, 0.29) is 5.82 Å². The zero-order valence-corrected chi connectivity index (χ0v) is 12.8. The van der Waals surface area contributed by atoms with Crippen LogP contribution in [0.1, 0.15) is 19.4 Å². The summed E-state index contributed by atoms with van der Waals surface area (Å²) in [4.78, 5) is 4.30. The summed E-state index contributed by atoms with van der Waals surface area (Å²) in [5, 5.41) is 3.25. The second kappa shape index (κ2) is 5.74. The average Bonchev–Trinajstić information content (AvgIpc) is 2.72. The number of aryl methyl sites for hydroxylation is 1. The largest absolute Gasteiger partial charge is 0.325 e. The zero-order valence-electron chi connectivity index (χ0n) is 11.2. The van der Waals surface area contributed by atoms with Gasteiger partial charge in [0.15, 0.2) is 0 Å². The molecule has 0 fully saturated rings. The molecule has 0 aliphatic rings. The van der Waals surface area contributed by atoms with Crippen molar-refractivity contribution in [1.82, 2.24) is 9.55 Å². The van der Waals surface area contributed by atoms with Gasteiger partial charge in [0.25, 0.3) is 0 Å². The van der Waals surface area contributed by atoms with Crippen LogP contribution >= 0.6 is 15.9 Å². The molecular formula is C14H17BrFN3. The van der Waals surface area contributed by atoms with Gasteiger partial charge in [0.05, 0.1) is 4.47 Å². The van der Waals surface area contributed by atoms with E-state index in [1.165, 1.54) is 6.07 Å². The summed E-state index contributed by atoms with van der Waals surface area (Å²) in [5.74, 6) is 1.06. The molecule has 102 valence electrons. The molecule has 0 atom stereocenters. The van der Waals surface area contributed by atoms with Gasteiger partial charge in [0.2, 0.25) is 5.95 Å². The minimum Gasteiger partial charge on any atom is -0.325 e. The van der Waals surface area contributed by atoms with E-state index in [4.69, 9.17) is 0 Å². The van der Waals surface area contributed by atoms with E-state index in [0.29, 0.717) is 10.4 Å². The van der Waals surface area contributed by atoms with Crippen molar-refractivity contribution in [2.75, 3.05) is 5.32 Å². The third kappa shape index (κ3) is 3.35. The number of benzene rings is 1. The molecule has 0 saturated heterocycles. The van der Waals surface area contributed by atoms with Crippen LogP contribution in [0.2, 0.25) is 0 Å². The monoisotopic (exact) mass is 325 g/mol. The first-order valence-corrected chi connectivity index (χ1v) is 7.00. The molecule has 2 aromatic rings. The van der Waals surface area contributed by atoms with Gasteiger partial charge < -0.3 is 9.88 Å². The Bertz CT molecular complexity index is 578. The minimum absolute atomic E-state index is 0.256. The van der Waals surface area contributed by atoms with Crippen LogP contribution in [0.3, 0.4) is 0 Å². The molecule has 0 unspecified atom stereocenters. The summed E-state index contributed by atoms with van der Waals surface area (Å²) in [6, 6.07) is 3.24. The van der Waals surface area contributed by atoms with Crippen LogP contribution < -0.4 is 5.32 Å². The second-order valence-corrected chi connectivity index (χ2v) is 5.86. The van der Waals surface area contributed by atoms with Crippen molar-refractivity contribution in [1.29, 1.82) is 0 Å². The molecule has 1 aromatic heterocycles. The predicted octanol–water partition coefficient (Wildman–Crippen LogP) is 4.49. The van der Waals surface area contributed by atoms with Crippen molar-refractivity contribution in [3.05, 3.63) is 40.4 Å². The van der Waals surface area contributed by atoms with E-state index in [9.17, 15) is 4.39 Å². The lowest BCUT2D eigenvalue weighted by molar-refractivity contribution is 0.527. The highest BCUT2D eigenvalue weighted by molar-refractivity contribution is 9.10. The summed E-state index contributed by atoms with van der Waals surface area (Å²) < 4.78 is 15.9. The molecule has 0 radical (unpaired) electrons. The normalized spacial score (nSPS) is 11.1. The van der Waals surface area contributed by atoms with Crippen LogP contribution in [0.15, 0.2) is 29.0 Å². The van der Waals surface area contributed by atoms with Crippen molar-refractivity contribution >= 4 is 27.6 Å². The quantitative estimate of drug-likeness (QED) is 0.897. The van der Waals surface area contributed by atoms with Crippen LogP contribution in [-0.2, 0) is 6.54 Å². The van der Waals surface area contributed by atoms with Crippen LogP contribution in [-0.4, -0.2) is 9.55 Å². The maximum Gasteiger partial charge on any atom is 0.207 e. The van der Waals surface area contributed by atoms with Gasteiger partial charge in [-0.3, -0.25) is 0 Å². The van der Waals surface area contributed by atoms with Gasteiger partial charge >= 0.3 is 0 Å². The van der Waals surface area contributed by atoms with Crippen molar-refractivity contribution in [2.24, 2.45) is 5.92 Å². The van der Waals surface area contributed by atoms with E-state index in [2.05, 4.69) is 44.6 Å². The molecule has 0 spiro atoms. The van der Waals surface area contributed by atoms with E-state index in [1.54, 1.807) is 12.3 Å². The Morgan fingerprint density at radius 3 is 2.84 bits per heavy atom. The minimum atomic E-state index is -0.256. The first kappa shape index (κ1) is 14.1. The molecule has 19 heavy (non-hydrogen) atoms. The fourth-order valence-corrected chi connectivity index (χ4v) is 2.22. The van der Waals surface area contributed by atoms with Gasteiger partial charge in [-0.1, -0.05) is 13.8 Å².